The lowest BCUT2D eigenvalue weighted by Gasteiger charge is -2.17. The summed E-state index contributed by atoms with van der Waals surface area (Å²) in [6.07, 6.45) is 4.07. The second-order valence-corrected chi connectivity index (χ2v) is 9.16. The number of imidazole rings is 1. The number of rotatable bonds is 11. The molecule has 2 aromatic carbocycles. The van der Waals surface area contributed by atoms with Gasteiger partial charge in [-0.15, -0.1) is 0 Å². The fourth-order valence-corrected chi connectivity index (χ4v) is 4.61. The number of aromatic nitrogens is 3. The SMILES string of the molecule is CCN(CC)CCc1c[nH]c2ccc(Cc3[nH]c(=O)n(CCc4ccc(NC(C)=O)cc4)c3O)cc12. The van der Waals surface area contributed by atoms with E-state index in [2.05, 4.69) is 52.4 Å². The van der Waals surface area contributed by atoms with Crippen LogP contribution in [0.4, 0.5) is 5.69 Å². The normalized spacial score (nSPS) is 11.4. The van der Waals surface area contributed by atoms with Gasteiger partial charge in [0.05, 0.1) is 5.69 Å². The van der Waals surface area contributed by atoms with Crippen molar-refractivity contribution in [2.24, 2.45) is 0 Å². The zero-order chi connectivity index (χ0) is 25.7. The van der Waals surface area contributed by atoms with Crippen molar-refractivity contribution in [3.63, 3.8) is 0 Å². The van der Waals surface area contributed by atoms with Crippen LogP contribution in [0.2, 0.25) is 0 Å². The van der Waals surface area contributed by atoms with Crippen molar-refractivity contribution in [2.45, 2.75) is 46.6 Å². The van der Waals surface area contributed by atoms with Gasteiger partial charge in [0.1, 0.15) is 0 Å². The Morgan fingerprint density at radius 1 is 1.06 bits per heavy atom. The number of carbonyl (C=O) groups is 1. The first-order valence-corrected chi connectivity index (χ1v) is 12.6. The predicted octanol–water partition coefficient (Wildman–Crippen LogP) is 4.04. The molecular formula is C28H35N5O3. The summed E-state index contributed by atoms with van der Waals surface area (Å²) in [6, 6.07) is 13.7. The van der Waals surface area contributed by atoms with Gasteiger partial charge in [0.2, 0.25) is 11.8 Å². The van der Waals surface area contributed by atoms with Crippen LogP contribution in [0.1, 0.15) is 43.2 Å². The van der Waals surface area contributed by atoms with Gasteiger partial charge in [-0.25, -0.2) is 4.79 Å². The summed E-state index contributed by atoms with van der Waals surface area (Å²) in [5.41, 5.74) is 5.33. The van der Waals surface area contributed by atoms with Gasteiger partial charge in [-0.05, 0) is 66.9 Å². The van der Waals surface area contributed by atoms with Gasteiger partial charge >= 0.3 is 5.69 Å². The Hall–Kier alpha value is -3.78. The second-order valence-electron chi connectivity index (χ2n) is 9.16. The van der Waals surface area contributed by atoms with E-state index in [4.69, 9.17) is 0 Å². The Morgan fingerprint density at radius 3 is 2.47 bits per heavy atom. The van der Waals surface area contributed by atoms with Crippen molar-refractivity contribution < 1.29 is 9.90 Å². The molecule has 4 rings (SSSR count). The Balaban J connectivity index is 1.45. The molecule has 0 fully saturated rings. The molecule has 0 saturated heterocycles. The summed E-state index contributed by atoms with van der Waals surface area (Å²) >= 11 is 0. The van der Waals surface area contributed by atoms with Crippen molar-refractivity contribution in [3.8, 4) is 5.88 Å². The molecule has 4 aromatic rings. The van der Waals surface area contributed by atoms with Crippen LogP contribution in [0.25, 0.3) is 10.9 Å². The number of anilines is 1. The number of H-pyrrole nitrogens is 2. The van der Waals surface area contributed by atoms with Crippen LogP contribution < -0.4 is 11.0 Å². The van der Waals surface area contributed by atoms with Crippen molar-refractivity contribution in [1.82, 2.24) is 19.4 Å². The summed E-state index contributed by atoms with van der Waals surface area (Å²) < 4.78 is 1.38. The van der Waals surface area contributed by atoms with E-state index in [0.29, 0.717) is 25.1 Å². The molecule has 8 heteroatoms. The first-order valence-electron chi connectivity index (χ1n) is 12.6. The molecule has 0 aliphatic heterocycles. The molecule has 36 heavy (non-hydrogen) atoms. The first kappa shape index (κ1) is 25.3. The van der Waals surface area contributed by atoms with Crippen LogP contribution in [0, 0.1) is 0 Å². The van der Waals surface area contributed by atoms with E-state index in [1.165, 1.54) is 22.4 Å². The van der Waals surface area contributed by atoms with E-state index in [-0.39, 0.29) is 17.5 Å². The van der Waals surface area contributed by atoms with Crippen molar-refractivity contribution in [3.05, 3.63) is 81.5 Å². The lowest BCUT2D eigenvalue weighted by molar-refractivity contribution is -0.114. The molecule has 1 amide bonds. The third-order valence-electron chi connectivity index (χ3n) is 6.73. The maximum absolute atomic E-state index is 12.6. The van der Waals surface area contributed by atoms with Gasteiger partial charge in [0.15, 0.2) is 0 Å². The molecular weight excluding hydrogens is 454 g/mol. The van der Waals surface area contributed by atoms with E-state index < -0.39 is 0 Å². The highest BCUT2D eigenvalue weighted by molar-refractivity contribution is 5.88. The summed E-state index contributed by atoms with van der Waals surface area (Å²) in [6.45, 7) is 9.27. The standard InChI is InChI=1S/C28H35N5O3/c1-4-32(5-2)14-13-22-18-29-25-11-8-21(16-24(22)25)17-26-27(35)33(28(36)31-26)15-12-20-6-9-23(10-7-20)30-19(3)34/h6-11,16,18,29,35H,4-5,12-15,17H2,1-3H3,(H,30,34)(H,31,36). The van der Waals surface area contributed by atoms with E-state index in [1.54, 1.807) is 0 Å². The van der Waals surface area contributed by atoms with Crippen molar-refractivity contribution in [2.75, 3.05) is 25.0 Å². The topological polar surface area (TPSA) is 106 Å². The number of nitrogens with zero attached hydrogens (tertiary/aromatic N) is 2. The lowest BCUT2D eigenvalue weighted by atomic mass is 10.0. The Bertz CT molecular complexity index is 1380. The monoisotopic (exact) mass is 489 g/mol. The van der Waals surface area contributed by atoms with Gasteiger partial charge in [0.25, 0.3) is 0 Å². The number of hydrogen-bond acceptors (Lipinski definition) is 4. The Morgan fingerprint density at radius 2 is 1.78 bits per heavy atom. The Kier molecular flexibility index (Phi) is 7.95. The van der Waals surface area contributed by atoms with Crippen molar-refractivity contribution >= 4 is 22.5 Å². The molecule has 0 saturated carbocycles. The average Bonchev–Trinajstić information content (AvgIpc) is 3.38. The van der Waals surface area contributed by atoms with Crippen LogP contribution in [-0.2, 0) is 30.6 Å². The quantitative estimate of drug-likeness (QED) is 0.255. The molecule has 0 radical (unpaired) electrons. The highest BCUT2D eigenvalue weighted by Crippen LogP contribution is 2.24. The highest BCUT2D eigenvalue weighted by Gasteiger charge is 2.15. The smallest absolute Gasteiger partial charge is 0.328 e. The fraction of sp³-hybridized carbons (Fsp3) is 0.357. The van der Waals surface area contributed by atoms with Gasteiger partial charge < -0.3 is 25.3 Å². The summed E-state index contributed by atoms with van der Waals surface area (Å²) in [5.74, 6) is -0.142. The van der Waals surface area contributed by atoms with Gasteiger partial charge in [-0.3, -0.25) is 9.36 Å². The van der Waals surface area contributed by atoms with Crippen LogP contribution in [0.3, 0.4) is 0 Å². The van der Waals surface area contributed by atoms with Crippen LogP contribution >= 0.6 is 0 Å². The first-order chi connectivity index (χ1) is 17.4. The van der Waals surface area contributed by atoms with Crippen LogP contribution in [-0.4, -0.2) is 50.1 Å². The molecule has 0 spiro atoms. The number of likely N-dealkylation sites (N-methyl/N-ethyl adjacent to an activating group) is 1. The number of aryl methyl sites for hydroxylation is 1. The highest BCUT2D eigenvalue weighted by atomic mass is 16.3. The molecule has 0 bridgehead atoms. The fourth-order valence-electron chi connectivity index (χ4n) is 4.61. The molecule has 190 valence electrons. The molecule has 0 unspecified atom stereocenters. The van der Waals surface area contributed by atoms with E-state index >= 15 is 0 Å². The summed E-state index contributed by atoms with van der Waals surface area (Å²) in [7, 11) is 0. The van der Waals surface area contributed by atoms with E-state index in [9.17, 15) is 14.7 Å². The molecule has 4 N–H and O–H groups in total. The van der Waals surface area contributed by atoms with Gasteiger partial charge in [-0.1, -0.05) is 32.0 Å². The minimum Gasteiger partial charge on any atom is -0.493 e. The Labute approximate surface area is 211 Å². The number of aromatic hydroxyl groups is 1. The molecule has 0 aliphatic carbocycles. The number of amides is 1. The number of hydrogen-bond donors (Lipinski definition) is 4. The average molecular weight is 490 g/mol. The molecule has 2 aromatic heterocycles. The van der Waals surface area contributed by atoms with Crippen molar-refractivity contribution in [1.29, 1.82) is 0 Å². The molecule has 0 aliphatic rings. The number of benzene rings is 2. The maximum Gasteiger partial charge on any atom is 0.328 e. The van der Waals surface area contributed by atoms with E-state index in [1.807, 2.05) is 30.3 Å². The second kappa shape index (κ2) is 11.3. The lowest BCUT2D eigenvalue weighted by Crippen LogP contribution is -2.25. The minimum atomic E-state index is -0.319. The van der Waals surface area contributed by atoms with Gasteiger partial charge in [-0.2, -0.15) is 0 Å². The third kappa shape index (κ3) is 5.88. The largest absolute Gasteiger partial charge is 0.493 e. The third-order valence-corrected chi connectivity index (χ3v) is 6.73. The van der Waals surface area contributed by atoms with Crippen LogP contribution in [0.5, 0.6) is 5.88 Å². The zero-order valence-electron chi connectivity index (χ0n) is 21.2. The minimum absolute atomic E-state index is 0.0224. The molecule has 2 heterocycles. The zero-order valence-corrected chi connectivity index (χ0v) is 21.2. The number of nitrogens with one attached hydrogen (secondary N) is 3. The van der Waals surface area contributed by atoms with E-state index in [0.717, 1.165) is 48.4 Å². The summed E-state index contributed by atoms with van der Waals surface area (Å²) in [4.78, 5) is 32.3. The van der Waals surface area contributed by atoms with Gasteiger partial charge in [0, 0.05) is 49.2 Å². The number of fused-ring (bicyclic) bond motifs is 1. The number of carbonyl (C=O) groups excluding carboxylic acids is 1. The summed E-state index contributed by atoms with van der Waals surface area (Å²) in [5, 5.41) is 14.7. The maximum atomic E-state index is 12.6. The molecule has 8 nitrogen and oxygen atoms in total. The molecule has 0 atom stereocenters. The number of aromatic amines is 2. The predicted molar refractivity (Wildman–Crippen MR) is 144 cm³/mol. The van der Waals surface area contributed by atoms with Crippen LogP contribution in [0.15, 0.2) is 53.5 Å².